The molecule has 0 aromatic rings. The highest BCUT2D eigenvalue weighted by atomic mass is 14.2. The van der Waals surface area contributed by atoms with E-state index in [1.807, 2.05) is 6.07 Å². The first-order valence-corrected chi connectivity index (χ1v) is 1.08. The van der Waals surface area contributed by atoms with Gasteiger partial charge in [0.25, 0.3) is 0 Å². The molecule has 0 bridgehead atoms. The minimum Gasteiger partial charge on any atom is -0.0345 e. The second-order valence-corrected chi connectivity index (χ2v) is 0.408. The smallest absolute Gasteiger partial charge is 0.0345 e. The molecule has 0 unspecified atom stereocenters. The highest BCUT2D eigenvalue weighted by Crippen LogP contribution is 1.58. The van der Waals surface area contributed by atoms with E-state index in [0.717, 1.165) is 0 Å². The predicted molar refractivity (Wildman–Crippen MR) is 17.2 cm³/mol. The largest absolute Gasteiger partial charge is 0.403 e. The van der Waals surface area contributed by atoms with E-state index in [9.17, 15) is 0 Å². The zero-order valence-electron chi connectivity index (χ0n) is 2.36. The van der Waals surface area contributed by atoms with Crippen LogP contribution in [-0.4, -0.2) is 0 Å². The third-order valence-electron chi connectivity index (χ3n) is 0.112. The van der Waals surface area contributed by atoms with Crippen LogP contribution in [0.5, 0.6) is 0 Å². The number of hydrogen-bond acceptors (Lipinski definition) is 1. The first kappa shape index (κ1) is 3.49. The van der Waals surface area contributed by atoms with Gasteiger partial charge in [0.05, 0.1) is 6.42 Å². The molecule has 0 heterocycles. The molecule has 0 aliphatic heterocycles. The van der Waals surface area contributed by atoms with Crippen molar-refractivity contribution in [2.45, 2.75) is 6.42 Å². The van der Waals surface area contributed by atoms with Crippen LogP contribution in [0, 0.1) is 13.0 Å². The lowest BCUT2D eigenvalue weighted by atomic mass is 10.6. The molecule has 4 heavy (non-hydrogen) atoms. The van der Waals surface area contributed by atoms with Gasteiger partial charge in [-0.05, 0) is 6.92 Å². The first-order chi connectivity index (χ1) is 1.91. The molecule has 1 heteroatoms. The third-order valence-corrected chi connectivity index (χ3v) is 0.112. The standard InChI is InChI=1S/C3H4N/c1-2-3-4/h1-2H2/q+1. The van der Waals surface area contributed by atoms with Crippen molar-refractivity contribution in [2.24, 2.45) is 0 Å². The number of nitriles is 1. The minimum atomic E-state index is 0.375. The van der Waals surface area contributed by atoms with Gasteiger partial charge >= 0.3 is 11.3 Å². The SMILES string of the molecule is [CH2]CC#[N+]. The second kappa shape index (κ2) is 2.49. The van der Waals surface area contributed by atoms with Gasteiger partial charge in [-0.15, -0.1) is 0 Å². The van der Waals surface area contributed by atoms with E-state index >= 15 is 0 Å². The molecule has 0 N–H and O–H groups in total. The van der Waals surface area contributed by atoms with Crippen LogP contribution in [0.1, 0.15) is 6.42 Å². The van der Waals surface area contributed by atoms with Crippen LogP contribution >= 0.6 is 0 Å². The van der Waals surface area contributed by atoms with Crippen molar-refractivity contribution >= 4 is 0 Å². The summed E-state index contributed by atoms with van der Waals surface area (Å²) >= 11 is 0. The van der Waals surface area contributed by atoms with Gasteiger partial charge < -0.3 is 0 Å². The highest BCUT2D eigenvalue weighted by Gasteiger charge is 1.67. The third kappa shape index (κ3) is 1.49. The van der Waals surface area contributed by atoms with Crippen LogP contribution in [0.15, 0.2) is 0 Å². The Balaban J connectivity index is 2.43. The highest BCUT2D eigenvalue weighted by molar-refractivity contribution is 4.76. The molecule has 0 aliphatic carbocycles. The molecule has 1 nitrogen and oxygen atoms in total. The van der Waals surface area contributed by atoms with Gasteiger partial charge in [0.1, 0.15) is 0 Å². The van der Waals surface area contributed by atoms with Gasteiger partial charge in [-0.2, -0.15) is 0 Å². The molecule has 0 saturated heterocycles. The van der Waals surface area contributed by atoms with Crippen molar-refractivity contribution in [1.82, 2.24) is 0 Å². The summed E-state index contributed by atoms with van der Waals surface area (Å²) in [7, 11) is 0. The number of nitrogens with zero attached hydrogens (tertiary/aromatic N) is 1. The first-order valence-electron chi connectivity index (χ1n) is 1.08. The van der Waals surface area contributed by atoms with E-state index in [0.29, 0.717) is 6.42 Å². The topological polar surface area (TPSA) is 22.3 Å². The molecule has 0 aromatic carbocycles. The summed E-state index contributed by atoms with van der Waals surface area (Å²) in [6.45, 7) is 3.24. The van der Waals surface area contributed by atoms with Gasteiger partial charge in [-0.25, -0.2) is 0 Å². The quantitative estimate of drug-likeness (QED) is 0.404. The Morgan fingerprint density at radius 3 is 2.25 bits per heavy atom. The maximum Gasteiger partial charge on any atom is 0.403 e. The molecule has 0 atom stereocenters. The maximum atomic E-state index is 7.56. The molecular formula is C3H4N+. The molecule has 20 valence electrons. The summed E-state index contributed by atoms with van der Waals surface area (Å²) in [5.74, 6) is 0. The fraction of sp³-hybridized carbons (Fsp3) is 0.333. The Bertz CT molecular complexity index is 33.0. The normalized spacial score (nSPS) is 5.00. The summed E-state index contributed by atoms with van der Waals surface area (Å²) < 4.78 is 0. The van der Waals surface area contributed by atoms with Crippen molar-refractivity contribution in [1.29, 1.82) is 0 Å². The second-order valence-electron chi connectivity index (χ2n) is 0.408. The summed E-state index contributed by atoms with van der Waals surface area (Å²) in [6.07, 6.45) is 0.375. The summed E-state index contributed by atoms with van der Waals surface area (Å²) in [5.41, 5.74) is 0. The molecule has 0 aliphatic rings. The average Bonchev–Trinajstić information content (AvgIpc) is 1.37. The van der Waals surface area contributed by atoms with E-state index in [2.05, 4.69) is 6.92 Å². The van der Waals surface area contributed by atoms with Crippen LogP contribution in [0.25, 0.3) is 5.26 Å². The molecule has 0 spiro atoms. The lowest BCUT2D eigenvalue weighted by Gasteiger charge is -1.33. The molecule has 0 aromatic heterocycles. The van der Waals surface area contributed by atoms with E-state index < -0.39 is 0 Å². The van der Waals surface area contributed by atoms with Crippen LogP contribution in [0.2, 0.25) is 0 Å². The van der Waals surface area contributed by atoms with Crippen molar-refractivity contribution in [3.63, 3.8) is 0 Å². The van der Waals surface area contributed by atoms with Crippen LogP contribution in [-0.2, 0) is 0 Å². The van der Waals surface area contributed by atoms with Gasteiger partial charge in [0.2, 0.25) is 0 Å². The van der Waals surface area contributed by atoms with Crippen LogP contribution in [0.3, 0.4) is 0 Å². The Hall–Kier alpha value is -0.510. The fourth-order valence-electron chi connectivity index (χ4n) is 0. The zero-order valence-corrected chi connectivity index (χ0v) is 2.36. The number of hydrogen-bond donors (Lipinski definition) is 0. The average molecular weight is 54.1 g/mol. The van der Waals surface area contributed by atoms with Gasteiger partial charge in [0, 0.05) is 0 Å². The van der Waals surface area contributed by atoms with E-state index in [-0.39, 0.29) is 0 Å². The molecule has 0 amide bonds. The lowest BCUT2D eigenvalue weighted by molar-refractivity contribution is 1.49. The van der Waals surface area contributed by atoms with Crippen molar-refractivity contribution in [3.8, 4) is 6.07 Å². The Labute approximate surface area is 25.9 Å². The number of rotatable bonds is 0. The van der Waals surface area contributed by atoms with Crippen LogP contribution < -0.4 is 0 Å². The molecule has 2 radical (unpaired) electrons. The molecule has 0 saturated carbocycles. The van der Waals surface area contributed by atoms with Gasteiger partial charge in [-0.1, -0.05) is 0 Å². The summed E-state index contributed by atoms with van der Waals surface area (Å²) in [4.78, 5) is 0. The van der Waals surface area contributed by atoms with Crippen LogP contribution in [0.4, 0.5) is 0 Å². The van der Waals surface area contributed by atoms with E-state index in [1.165, 1.54) is 0 Å². The van der Waals surface area contributed by atoms with Crippen molar-refractivity contribution < 1.29 is 0 Å². The predicted octanol–water partition coefficient (Wildman–Crippen LogP) is 1.01. The van der Waals surface area contributed by atoms with E-state index in [1.54, 1.807) is 0 Å². The molecule has 0 fully saturated rings. The van der Waals surface area contributed by atoms with Gasteiger partial charge in [-0.3, -0.25) is 0 Å². The maximum absolute atomic E-state index is 7.56. The fourth-order valence-corrected chi connectivity index (χ4v) is 0. The van der Waals surface area contributed by atoms with Gasteiger partial charge in [0.15, 0.2) is 0 Å². The lowest BCUT2D eigenvalue weighted by Crippen LogP contribution is -1.38. The monoisotopic (exact) mass is 54.0 g/mol. The zero-order chi connectivity index (χ0) is 3.41. The Morgan fingerprint density at radius 2 is 2.25 bits per heavy atom. The van der Waals surface area contributed by atoms with Crippen molar-refractivity contribution in [3.05, 3.63) is 12.2 Å². The minimum absolute atomic E-state index is 0.375. The van der Waals surface area contributed by atoms with E-state index in [4.69, 9.17) is 5.26 Å². The Kier molecular flexibility index (Phi) is 2.17. The van der Waals surface area contributed by atoms with Crippen molar-refractivity contribution in [2.75, 3.05) is 0 Å². The molecule has 0 rings (SSSR count). The molecular weight excluding hydrogens is 50.0 g/mol. The summed E-state index contributed by atoms with van der Waals surface area (Å²) in [6, 6.07) is 1.82. The Morgan fingerprint density at radius 1 is 2.00 bits per heavy atom. The summed E-state index contributed by atoms with van der Waals surface area (Å²) in [5, 5.41) is 7.56.